The number of carbonyl (C=O) groups is 2. The van der Waals surface area contributed by atoms with Crippen molar-refractivity contribution in [1.29, 1.82) is 0 Å². The van der Waals surface area contributed by atoms with Crippen LogP contribution in [0.25, 0.3) is 5.69 Å². The molecule has 2 aromatic heterocycles. The van der Waals surface area contributed by atoms with Gasteiger partial charge in [0.2, 0.25) is 0 Å². The summed E-state index contributed by atoms with van der Waals surface area (Å²) in [5.41, 5.74) is 7.24. The standard InChI is InChI=1S/C19H17FN4O3/c1-12-10-17(13(2)24(12)16-7-5-15(20)6-8-16)19(26)22-21-18(25)14-4-3-9-23(27)11-14/h3-11H,1-2H3,(H,21,25)(H,22,26). The fourth-order valence-electron chi connectivity index (χ4n) is 2.82. The molecular weight excluding hydrogens is 351 g/mol. The highest BCUT2D eigenvalue weighted by Gasteiger charge is 2.18. The number of rotatable bonds is 3. The van der Waals surface area contributed by atoms with Crippen molar-refractivity contribution in [1.82, 2.24) is 15.4 Å². The Morgan fingerprint density at radius 2 is 1.74 bits per heavy atom. The molecule has 7 nitrogen and oxygen atoms in total. The molecule has 0 saturated heterocycles. The topological polar surface area (TPSA) is 90.1 Å². The fraction of sp³-hybridized carbons (Fsp3) is 0.105. The molecule has 3 rings (SSSR count). The van der Waals surface area contributed by atoms with Gasteiger partial charge < -0.3 is 9.77 Å². The molecule has 2 N–H and O–H groups in total. The third-order valence-corrected chi connectivity index (χ3v) is 4.09. The van der Waals surface area contributed by atoms with E-state index in [0.717, 1.165) is 17.6 Å². The minimum Gasteiger partial charge on any atom is -0.619 e. The average Bonchev–Trinajstić information content (AvgIpc) is 2.94. The van der Waals surface area contributed by atoms with Crippen LogP contribution in [0.5, 0.6) is 0 Å². The summed E-state index contributed by atoms with van der Waals surface area (Å²) in [5.74, 6) is -1.46. The van der Waals surface area contributed by atoms with Crippen LogP contribution in [0.2, 0.25) is 0 Å². The van der Waals surface area contributed by atoms with Crippen LogP contribution in [0.15, 0.2) is 54.9 Å². The fourth-order valence-corrected chi connectivity index (χ4v) is 2.82. The maximum atomic E-state index is 13.1. The number of hydrogen-bond donors (Lipinski definition) is 2. The van der Waals surface area contributed by atoms with E-state index in [1.165, 1.54) is 30.5 Å². The molecule has 0 radical (unpaired) electrons. The lowest BCUT2D eigenvalue weighted by Gasteiger charge is -2.10. The van der Waals surface area contributed by atoms with Crippen LogP contribution in [0.4, 0.5) is 4.39 Å². The van der Waals surface area contributed by atoms with Crippen LogP contribution in [0, 0.1) is 24.9 Å². The van der Waals surface area contributed by atoms with Crippen LogP contribution < -0.4 is 15.6 Å². The van der Waals surface area contributed by atoms with E-state index in [1.54, 1.807) is 25.1 Å². The van der Waals surface area contributed by atoms with Crippen molar-refractivity contribution in [2.75, 3.05) is 0 Å². The lowest BCUT2D eigenvalue weighted by atomic mass is 10.2. The molecule has 2 heterocycles. The number of hydrazine groups is 1. The molecule has 0 aliphatic heterocycles. The minimum absolute atomic E-state index is 0.115. The van der Waals surface area contributed by atoms with E-state index in [0.29, 0.717) is 16.0 Å². The molecule has 0 spiro atoms. The van der Waals surface area contributed by atoms with Crippen molar-refractivity contribution >= 4 is 11.8 Å². The SMILES string of the molecule is Cc1cc(C(=O)NNC(=O)c2ccc[n+]([O-])c2)c(C)n1-c1ccc(F)cc1. The first-order valence-corrected chi connectivity index (χ1v) is 8.11. The second-order valence-corrected chi connectivity index (χ2v) is 5.96. The van der Waals surface area contributed by atoms with E-state index in [2.05, 4.69) is 10.9 Å². The van der Waals surface area contributed by atoms with Crippen molar-refractivity contribution in [3.8, 4) is 5.69 Å². The van der Waals surface area contributed by atoms with Gasteiger partial charge in [-0.3, -0.25) is 20.4 Å². The normalized spacial score (nSPS) is 10.5. The summed E-state index contributed by atoms with van der Waals surface area (Å²) in [6.07, 6.45) is 2.35. The molecule has 0 unspecified atom stereocenters. The second-order valence-electron chi connectivity index (χ2n) is 5.96. The Hall–Kier alpha value is -3.68. The first-order valence-electron chi connectivity index (χ1n) is 8.11. The van der Waals surface area contributed by atoms with Gasteiger partial charge in [-0.05, 0) is 50.2 Å². The third kappa shape index (κ3) is 3.79. The first kappa shape index (κ1) is 18.1. The van der Waals surface area contributed by atoms with Crippen LogP contribution in [-0.2, 0) is 0 Å². The zero-order valence-corrected chi connectivity index (χ0v) is 14.7. The van der Waals surface area contributed by atoms with Crippen LogP contribution in [-0.4, -0.2) is 16.4 Å². The maximum absolute atomic E-state index is 13.1. The van der Waals surface area contributed by atoms with Crippen molar-refractivity contribution in [2.45, 2.75) is 13.8 Å². The maximum Gasteiger partial charge on any atom is 0.275 e. The first-order chi connectivity index (χ1) is 12.9. The molecule has 0 fully saturated rings. The molecule has 27 heavy (non-hydrogen) atoms. The van der Waals surface area contributed by atoms with Gasteiger partial charge in [-0.25, -0.2) is 4.39 Å². The van der Waals surface area contributed by atoms with E-state index < -0.39 is 11.8 Å². The van der Waals surface area contributed by atoms with Gasteiger partial charge in [-0.15, -0.1) is 0 Å². The number of halogens is 1. The lowest BCUT2D eigenvalue weighted by Crippen LogP contribution is -2.42. The zero-order valence-electron chi connectivity index (χ0n) is 14.7. The lowest BCUT2D eigenvalue weighted by molar-refractivity contribution is -0.605. The Bertz CT molecular complexity index is 1010. The van der Waals surface area contributed by atoms with Crippen molar-refractivity contribution in [3.63, 3.8) is 0 Å². The van der Waals surface area contributed by atoms with Gasteiger partial charge in [0, 0.05) is 23.1 Å². The van der Waals surface area contributed by atoms with Gasteiger partial charge in [0.05, 0.1) is 5.56 Å². The Morgan fingerprint density at radius 3 is 2.41 bits per heavy atom. The summed E-state index contributed by atoms with van der Waals surface area (Å²) in [4.78, 5) is 24.5. The Labute approximate surface area is 154 Å². The van der Waals surface area contributed by atoms with Gasteiger partial charge in [-0.1, -0.05) is 0 Å². The molecule has 0 aliphatic rings. The number of hydrogen-bond acceptors (Lipinski definition) is 3. The van der Waals surface area contributed by atoms with Gasteiger partial charge >= 0.3 is 0 Å². The predicted octanol–water partition coefficient (Wildman–Crippen LogP) is 1.94. The van der Waals surface area contributed by atoms with E-state index in [1.807, 2.05) is 11.5 Å². The highest BCUT2D eigenvalue weighted by molar-refractivity contribution is 5.99. The van der Waals surface area contributed by atoms with Crippen LogP contribution >= 0.6 is 0 Å². The number of nitrogens with one attached hydrogen (secondary N) is 2. The summed E-state index contributed by atoms with van der Waals surface area (Å²) >= 11 is 0. The summed E-state index contributed by atoms with van der Waals surface area (Å²) < 4.78 is 15.4. The third-order valence-electron chi connectivity index (χ3n) is 4.09. The number of aryl methyl sites for hydroxylation is 1. The Balaban J connectivity index is 1.76. The van der Waals surface area contributed by atoms with E-state index in [-0.39, 0.29) is 11.4 Å². The quantitative estimate of drug-likeness (QED) is 0.421. The molecule has 2 amide bonds. The average molecular weight is 368 g/mol. The van der Waals surface area contributed by atoms with E-state index >= 15 is 0 Å². The number of amides is 2. The highest BCUT2D eigenvalue weighted by atomic mass is 19.1. The van der Waals surface area contributed by atoms with Crippen molar-refractivity contribution in [3.05, 3.63) is 88.4 Å². The molecule has 0 bridgehead atoms. The van der Waals surface area contributed by atoms with Crippen LogP contribution in [0.1, 0.15) is 32.1 Å². The van der Waals surface area contributed by atoms with Gasteiger partial charge in [0.15, 0.2) is 12.4 Å². The second kappa shape index (κ2) is 7.28. The number of pyridine rings is 1. The smallest absolute Gasteiger partial charge is 0.275 e. The number of aromatic nitrogens is 2. The molecule has 1 aromatic carbocycles. The highest BCUT2D eigenvalue weighted by Crippen LogP contribution is 2.21. The summed E-state index contributed by atoms with van der Waals surface area (Å²) in [7, 11) is 0. The molecule has 3 aromatic rings. The molecule has 138 valence electrons. The number of benzene rings is 1. The van der Waals surface area contributed by atoms with E-state index in [4.69, 9.17) is 0 Å². The minimum atomic E-state index is -0.610. The number of nitrogens with zero attached hydrogens (tertiary/aromatic N) is 2. The zero-order chi connectivity index (χ0) is 19.6. The largest absolute Gasteiger partial charge is 0.619 e. The molecule has 0 atom stereocenters. The van der Waals surface area contributed by atoms with Crippen LogP contribution in [0.3, 0.4) is 0 Å². The molecule has 0 aliphatic carbocycles. The van der Waals surface area contributed by atoms with Crippen molar-refractivity contribution < 1.29 is 18.7 Å². The summed E-state index contributed by atoms with van der Waals surface area (Å²) in [6.45, 7) is 3.58. The summed E-state index contributed by atoms with van der Waals surface area (Å²) in [6, 6.07) is 10.5. The summed E-state index contributed by atoms with van der Waals surface area (Å²) in [5, 5.41) is 11.2. The predicted molar refractivity (Wildman–Crippen MR) is 95.5 cm³/mol. The van der Waals surface area contributed by atoms with E-state index in [9.17, 15) is 19.2 Å². The monoisotopic (exact) mass is 368 g/mol. The van der Waals surface area contributed by atoms with Gasteiger partial charge in [0.1, 0.15) is 11.4 Å². The Kier molecular flexibility index (Phi) is 4.89. The number of carbonyl (C=O) groups excluding carboxylic acids is 2. The molecule has 0 saturated carbocycles. The Morgan fingerprint density at radius 1 is 1.07 bits per heavy atom. The molecule has 8 heteroatoms. The van der Waals surface area contributed by atoms with Gasteiger partial charge in [0.25, 0.3) is 11.8 Å². The molecular formula is C19H17FN4O3. The van der Waals surface area contributed by atoms with Gasteiger partial charge in [-0.2, -0.15) is 4.73 Å². The van der Waals surface area contributed by atoms with Crippen molar-refractivity contribution in [2.24, 2.45) is 0 Å².